The van der Waals surface area contributed by atoms with Crippen LogP contribution in [0.1, 0.15) is 18.9 Å². The summed E-state index contributed by atoms with van der Waals surface area (Å²) < 4.78 is 12.6. The lowest BCUT2D eigenvalue weighted by molar-refractivity contribution is 0.150. The number of benzene rings is 1. The van der Waals surface area contributed by atoms with Gasteiger partial charge in [0.15, 0.2) is 0 Å². The second kappa shape index (κ2) is 6.85. The first kappa shape index (κ1) is 13.4. The largest absolute Gasteiger partial charge is 0.433 e. The summed E-state index contributed by atoms with van der Waals surface area (Å²) in [5, 5.41) is 6.04. The molecule has 1 amide bonds. The lowest BCUT2D eigenvalue weighted by Gasteiger charge is -2.03. The van der Waals surface area contributed by atoms with Crippen molar-refractivity contribution in [3.8, 4) is 0 Å². The van der Waals surface area contributed by atoms with Crippen molar-refractivity contribution >= 4 is 22.9 Å². The van der Waals surface area contributed by atoms with Crippen molar-refractivity contribution in [3.63, 3.8) is 0 Å². The highest BCUT2D eigenvalue weighted by Gasteiger charge is 2.02. The Hall–Kier alpha value is -1.62. The molecule has 92 valence electrons. The van der Waals surface area contributed by atoms with Crippen molar-refractivity contribution in [2.24, 2.45) is 5.16 Å². The maximum Gasteiger partial charge on any atom is 0.433 e. The van der Waals surface area contributed by atoms with E-state index in [9.17, 15) is 9.18 Å². The molecule has 0 saturated heterocycles. The standard InChI is InChI=1S/C11H12ClFN2O2/c1-2-10(12)15-17-11(16)14-7-8-3-5-9(13)6-4-8/h3-6H,2,7H2,1H3,(H,14,16)/b15-10-. The first-order valence-electron chi connectivity index (χ1n) is 5.03. The van der Waals surface area contributed by atoms with Crippen LogP contribution in [0.5, 0.6) is 0 Å². The molecule has 0 unspecified atom stereocenters. The van der Waals surface area contributed by atoms with E-state index in [1.165, 1.54) is 12.1 Å². The molecule has 0 aliphatic rings. The van der Waals surface area contributed by atoms with E-state index in [0.717, 1.165) is 5.56 Å². The van der Waals surface area contributed by atoms with E-state index < -0.39 is 6.09 Å². The lowest BCUT2D eigenvalue weighted by Crippen LogP contribution is -2.22. The number of halogens is 2. The van der Waals surface area contributed by atoms with Crippen LogP contribution in [0.2, 0.25) is 0 Å². The maximum absolute atomic E-state index is 12.6. The lowest BCUT2D eigenvalue weighted by atomic mass is 10.2. The summed E-state index contributed by atoms with van der Waals surface area (Å²) in [6.07, 6.45) is -0.215. The molecular formula is C11H12ClFN2O2. The van der Waals surface area contributed by atoms with E-state index in [1.807, 2.05) is 0 Å². The van der Waals surface area contributed by atoms with Gasteiger partial charge in [0.1, 0.15) is 11.0 Å². The average molecular weight is 259 g/mol. The van der Waals surface area contributed by atoms with Crippen LogP contribution in [-0.4, -0.2) is 11.3 Å². The predicted molar refractivity (Wildman–Crippen MR) is 63.3 cm³/mol. The maximum atomic E-state index is 12.6. The molecule has 0 aliphatic heterocycles. The molecule has 1 aromatic rings. The average Bonchev–Trinajstić information content (AvgIpc) is 2.35. The number of carbonyl (C=O) groups excluding carboxylic acids is 1. The fourth-order valence-electron chi connectivity index (χ4n) is 0.964. The Bertz CT molecular complexity index is 406. The fraction of sp³-hybridized carbons (Fsp3) is 0.273. The van der Waals surface area contributed by atoms with Gasteiger partial charge in [-0.05, 0) is 17.7 Å². The van der Waals surface area contributed by atoms with Gasteiger partial charge in [0.05, 0.1) is 0 Å². The van der Waals surface area contributed by atoms with E-state index in [2.05, 4.69) is 15.3 Å². The third-order valence-corrected chi connectivity index (χ3v) is 2.21. The zero-order chi connectivity index (χ0) is 12.7. The fourth-order valence-corrected chi connectivity index (χ4v) is 0.999. The van der Waals surface area contributed by atoms with Gasteiger partial charge < -0.3 is 5.32 Å². The minimum Gasteiger partial charge on any atom is -0.316 e. The molecule has 0 bridgehead atoms. The Balaban J connectivity index is 2.36. The van der Waals surface area contributed by atoms with Gasteiger partial charge >= 0.3 is 6.09 Å². The van der Waals surface area contributed by atoms with Crippen molar-refractivity contribution < 1.29 is 14.0 Å². The van der Waals surface area contributed by atoms with Crippen molar-refractivity contribution in [3.05, 3.63) is 35.6 Å². The third kappa shape index (κ3) is 5.31. The van der Waals surface area contributed by atoms with E-state index in [4.69, 9.17) is 11.6 Å². The van der Waals surface area contributed by atoms with Gasteiger partial charge in [0, 0.05) is 13.0 Å². The van der Waals surface area contributed by atoms with Crippen LogP contribution in [0.15, 0.2) is 29.4 Å². The smallest absolute Gasteiger partial charge is 0.316 e. The van der Waals surface area contributed by atoms with E-state index in [1.54, 1.807) is 19.1 Å². The van der Waals surface area contributed by atoms with Gasteiger partial charge in [0.25, 0.3) is 0 Å². The zero-order valence-electron chi connectivity index (χ0n) is 9.24. The third-order valence-electron chi connectivity index (χ3n) is 1.87. The summed E-state index contributed by atoms with van der Waals surface area (Å²) in [4.78, 5) is 15.6. The molecule has 1 aromatic carbocycles. The second-order valence-electron chi connectivity index (χ2n) is 3.18. The number of nitrogens with zero attached hydrogens (tertiary/aromatic N) is 1. The minimum absolute atomic E-state index is 0.210. The Morgan fingerprint density at radius 2 is 2.12 bits per heavy atom. The molecule has 0 fully saturated rings. The monoisotopic (exact) mass is 258 g/mol. The summed E-state index contributed by atoms with van der Waals surface area (Å²) >= 11 is 5.55. The molecule has 1 N–H and O–H groups in total. The molecule has 0 spiro atoms. The first-order chi connectivity index (χ1) is 8.11. The van der Waals surface area contributed by atoms with Gasteiger partial charge in [0.2, 0.25) is 0 Å². The van der Waals surface area contributed by atoms with Crippen LogP contribution in [0.25, 0.3) is 0 Å². The van der Waals surface area contributed by atoms with Gasteiger partial charge in [-0.1, -0.05) is 35.8 Å². The Kier molecular flexibility index (Phi) is 5.42. The van der Waals surface area contributed by atoms with Crippen molar-refractivity contribution in [1.29, 1.82) is 0 Å². The molecule has 1 rings (SSSR count). The predicted octanol–water partition coefficient (Wildman–Crippen LogP) is 3.01. The Morgan fingerprint density at radius 1 is 1.47 bits per heavy atom. The summed E-state index contributed by atoms with van der Waals surface area (Å²) in [6, 6.07) is 5.76. The van der Waals surface area contributed by atoms with Gasteiger partial charge in [-0.25, -0.2) is 9.18 Å². The van der Waals surface area contributed by atoms with Crippen LogP contribution in [0, 0.1) is 5.82 Å². The molecule has 4 nitrogen and oxygen atoms in total. The topological polar surface area (TPSA) is 50.7 Å². The number of oxime groups is 1. The van der Waals surface area contributed by atoms with Crippen LogP contribution in [-0.2, 0) is 11.4 Å². The number of carbonyl (C=O) groups is 1. The van der Waals surface area contributed by atoms with E-state index in [-0.39, 0.29) is 17.5 Å². The van der Waals surface area contributed by atoms with Crippen LogP contribution in [0.3, 0.4) is 0 Å². The van der Waals surface area contributed by atoms with Gasteiger partial charge in [-0.2, -0.15) is 0 Å². The highest BCUT2D eigenvalue weighted by atomic mass is 35.5. The van der Waals surface area contributed by atoms with E-state index in [0.29, 0.717) is 6.42 Å². The number of nitrogens with one attached hydrogen (secondary N) is 1. The highest BCUT2D eigenvalue weighted by Crippen LogP contribution is 2.02. The van der Waals surface area contributed by atoms with Crippen molar-refractivity contribution in [2.45, 2.75) is 19.9 Å². The molecule has 6 heteroatoms. The summed E-state index contributed by atoms with van der Waals surface area (Å²) in [6.45, 7) is 2.02. The number of hydrogen-bond acceptors (Lipinski definition) is 3. The molecule has 0 aliphatic carbocycles. The van der Waals surface area contributed by atoms with Crippen LogP contribution in [0.4, 0.5) is 9.18 Å². The van der Waals surface area contributed by atoms with Gasteiger partial charge in [-0.15, -0.1) is 0 Å². The molecule has 0 heterocycles. The Labute approximate surface area is 103 Å². The molecule has 0 radical (unpaired) electrons. The number of hydrogen-bond donors (Lipinski definition) is 1. The quantitative estimate of drug-likeness (QED) is 0.513. The Morgan fingerprint density at radius 3 is 2.71 bits per heavy atom. The highest BCUT2D eigenvalue weighted by molar-refractivity contribution is 6.65. The van der Waals surface area contributed by atoms with Crippen molar-refractivity contribution in [1.82, 2.24) is 5.32 Å². The first-order valence-corrected chi connectivity index (χ1v) is 5.41. The van der Waals surface area contributed by atoms with E-state index >= 15 is 0 Å². The molecule has 0 aromatic heterocycles. The number of amides is 1. The molecule has 17 heavy (non-hydrogen) atoms. The summed E-state index contributed by atoms with van der Waals surface area (Å²) in [5.41, 5.74) is 0.758. The molecule has 0 saturated carbocycles. The van der Waals surface area contributed by atoms with Crippen LogP contribution < -0.4 is 5.32 Å². The second-order valence-corrected chi connectivity index (χ2v) is 3.62. The normalized spacial score (nSPS) is 11.1. The van der Waals surface area contributed by atoms with Crippen LogP contribution >= 0.6 is 11.6 Å². The SMILES string of the molecule is CC/C(Cl)=N/OC(=O)NCc1ccc(F)cc1. The zero-order valence-corrected chi connectivity index (χ0v) is 10.00. The van der Waals surface area contributed by atoms with Gasteiger partial charge in [-0.3, -0.25) is 4.84 Å². The summed E-state index contributed by atoms with van der Waals surface area (Å²) in [5.74, 6) is -0.323. The molecular weight excluding hydrogens is 247 g/mol. The van der Waals surface area contributed by atoms with Crippen molar-refractivity contribution in [2.75, 3.05) is 0 Å². The number of rotatable bonds is 4. The summed E-state index contributed by atoms with van der Waals surface area (Å²) in [7, 11) is 0. The minimum atomic E-state index is -0.707. The molecule has 0 atom stereocenters.